The maximum Gasteiger partial charge on any atom is 0.221 e. The molecule has 1 amide bonds. The quantitative estimate of drug-likeness (QED) is 0.864. The Bertz CT molecular complexity index is 409. The molecule has 1 aliphatic heterocycles. The molecule has 7 heteroatoms. The molecule has 0 radical (unpaired) electrons. The van der Waals surface area contributed by atoms with Crippen LogP contribution in [0.4, 0.5) is 0 Å². The van der Waals surface area contributed by atoms with Gasteiger partial charge in [0.25, 0.3) is 0 Å². The van der Waals surface area contributed by atoms with Gasteiger partial charge in [0.15, 0.2) is 0 Å². The molecule has 1 atom stereocenters. The van der Waals surface area contributed by atoms with Crippen LogP contribution in [0.1, 0.15) is 33.1 Å². The van der Waals surface area contributed by atoms with Gasteiger partial charge in [-0.25, -0.2) is 4.98 Å². The monoisotopic (exact) mass is 336 g/mol. The van der Waals surface area contributed by atoms with Gasteiger partial charge in [0.2, 0.25) is 5.91 Å². The molecule has 1 unspecified atom stereocenters. The first-order chi connectivity index (χ1) is 9.08. The highest BCUT2D eigenvalue weighted by molar-refractivity contribution is 5.85. The first-order valence-electron chi connectivity index (χ1n) is 7.04. The summed E-state index contributed by atoms with van der Waals surface area (Å²) in [5.41, 5.74) is 0.260. The van der Waals surface area contributed by atoms with Crippen LogP contribution in [0.3, 0.4) is 0 Å². The average Bonchev–Trinajstić information content (AvgIpc) is 2.87. The van der Waals surface area contributed by atoms with E-state index in [1.54, 1.807) is 12.5 Å². The smallest absolute Gasteiger partial charge is 0.221 e. The predicted octanol–water partition coefficient (Wildman–Crippen LogP) is 2.01. The van der Waals surface area contributed by atoms with Crippen molar-refractivity contribution in [2.75, 3.05) is 13.1 Å². The largest absolute Gasteiger partial charge is 0.354 e. The van der Waals surface area contributed by atoms with Crippen LogP contribution in [-0.4, -0.2) is 34.6 Å². The highest BCUT2D eigenvalue weighted by atomic mass is 35.5. The van der Waals surface area contributed by atoms with E-state index in [9.17, 15) is 4.79 Å². The molecule has 2 rings (SSSR count). The van der Waals surface area contributed by atoms with Gasteiger partial charge in [-0.15, -0.1) is 24.8 Å². The minimum atomic E-state index is 0. The Morgan fingerprint density at radius 1 is 1.48 bits per heavy atom. The number of nitrogens with one attached hydrogen (secondary N) is 2. The van der Waals surface area contributed by atoms with E-state index in [1.165, 1.54) is 12.8 Å². The minimum absolute atomic E-state index is 0. The van der Waals surface area contributed by atoms with Crippen LogP contribution in [0, 0.1) is 5.41 Å². The van der Waals surface area contributed by atoms with Gasteiger partial charge >= 0.3 is 0 Å². The molecular weight excluding hydrogens is 311 g/mol. The van der Waals surface area contributed by atoms with Gasteiger partial charge < -0.3 is 15.2 Å². The van der Waals surface area contributed by atoms with Gasteiger partial charge in [-0.1, -0.05) is 13.8 Å². The standard InChI is InChI=1S/C14H24N4O.2ClH/c1-14(2)5-3-6-16-12(14)10-17-13(19)4-8-18-9-7-15-11-18;;/h7,9,11-12,16H,3-6,8,10H2,1-2H3,(H,17,19);2*1H. The summed E-state index contributed by atoms with van der Waals surface area (Å²) in [6, 6.07) is 0.374. The van der Waals surface area contributed by atoms with Crippen LogP contribution < -0.4 is 10.6 Å². The van der Waals surface area contributed by atoms with Crippen LogP contribution in [-0.2, 0) is 11.3 Å². The number of aryl methyl sites for hydroxylation is 1. The van der Waals surface area contributed by atoms with Crippen LogP contribution in [0.15, 0.2) is 18.7 Å². The molecule has 0 spiro atoms. The number of piperidine rings is 1. The molecule has 2 heterocycles. The van der Waals surface area contributed by atoms with E-state index < -0.39 is 0 Å². The van der Waals surface area contributed by atoms with Crippen molar-refractivity contribution in [3.63, 3.8) is 0 Å². The third-order valence-electron chi connectivity index (χ3n) is 3.99. The fraction of sp³-hybridized carbons (Fsp3) is 0.714. The first-order valence-corrected chi connectivity index (χ1v) is 7.04. The molecule has 1 saturated heterocycles. The fourth-order valence-corrected chi connectivity index (χ4v) is 2.57. The van der Waals surface area contributed by atoms with E-state index in [2.05, 4.69) is 29.5 Å². The SMILES string of the molecule is CC1(C)CCCNC1CNC(=O)CCn1ccnc1.Cl.Cl. The summed E-state index contributed by atoms with van der Waals surface area (Å²) in [6.45, 7) is 6.99. The molecule has 0 aromatic carbocycles. The second-order valence-electron chi connectivity index (χ2n) is 5.95. The van der Waals surface area contributed by atoms with Gasteiger partial charge in [-0.3, -0.25) is 4.79 Å². The number of aromatic nitrogens is 2. The summed E-state index contributed by atoms with van der Waals surface area (Å²) in [6.07, 6.45) is 8.28. The van der Waals surface area contributed by atoms with E-state index >= 15 is 0 Å². The summed E-state index contributed by atoms with van der Waals surface area (Å²) in [5, 5.41) is 6.54. The summed E-state index contributed by atoms with van der Waals surface area (Å²) < 4.78 is 1.92. The van der Waals surface area contributed by atoms with Crippen LogP contribution in [0.25, 0.3) is 0 Å². The lowest BCUT2D eigenvalue weighted by Gasteiger charge is -2.39. The first kappa shape index (κ1) is 20.2. The number of nitrogens with zero attached hydrogens (tertiary/aromatic N) is 2. The van der Waals surface area contributed by atoms with E-state index in [1.807, 2.05) is 10.8 Å². The van der Waals surface area contributed by atoms with Crippen molar-refractivity contribution < 1.29 is 4.79 Å². The van der Waals surface area contributed by atoms with Crippen molar-refractivity contribution in [1.29, 1.82) is 0 Å². The van der Waals surface area contributed by atoms with E-state index in [0.29, 0.717) is 19.0 Å². The predicted molar refractivity (Wildman–Crippen MR) is 89.2 cm³/mol. The summed E-state index contributed by atoms with van der Waals surface area (Å²) >= 11 is 0. The molecule has 0 bridgehead atoms. The molecule has 1 aromatic heterocycles. The lowest BCUT2D eigenvalue weighted by Crippen LogP contribution is -2.52. The number of carbonyl (C=O) groups is 1. The number of carbonyl (C=O) groups excluding carboxylic acids is 1. The van der Waals surface area contributed by atoms with Gasteiger partial charge in [-0.05, 0) is 24.8 Å². The molecule has 1 aliphatic rings. The van der Waals surface area contributed by atoms with Crippen molar-refractivity contribution in [3.8, 4) is 0 Å². The minimum Gasteiger partial charge on any atom is -0.354 e. The zero-order valence-corrected chi connectivity index (χ0v) is 14.3. The number of imidazole rings is 1. The Labute approximate surface area is 139 Å². The Morgan fingerprint density at radius 2 is 2.24 bits per heavy atom. The van der Waals surface area contributed by atoms with Gasteiger partial charge in [0.05, 0.1) is 6.33 Å². The number of rotatable bonds is 5. The van der Waals surface area contributed by atoms with Crippen molar-refractivity contribution in [1.82, 2.24) is 20.2 Å². The maximum atomic E-state index is 11.8. The number of hydrogen-bond acceptors (Lipinski definition) is 3. The topological polar surface area (TPSA) is 58.9 Å². The van der Waals surface area contributed by atoms with Gasteiger partial charge in [-0.2, -0.15) is 0 Å². The summed E-state index contributed by atoms with van der Waals surface area (Å²) in [4.78, 5) is 15.8. The van der Waals surface area contributed by atoms with E-state index in [4.69, 9.17) is 0 Å². The Balaban J connectivity index is 0.00000200. The fourth-order valence-electron chi connectivity index (χ4n) is 2.57. The molecule has 5 nitrogen and oxygen atoms in total. The maximum absolute atomic E-state index is 11.8. The van der Waals surface area contributed by atoms with Crippen molar-refractivity contribution in [3.05, 3.63) is 18.7 Å². The molecule has 0 saturated carbocycles. The van der Waals surface area contributed by atoms with Gasteiger partial charge in [0.1, 0.15) is 0 Å². The average molecular weight is 337 g/mol. The molecule has 21 heavy (non-hydrogen) atoms. The van der Waals surface area contributed by atoms with Crippen LogP contribution >= 0.6 is 24.8 Å². The van der Waals surface area contributed by atoms with Crippen LogP contribution in [0.2, 0.25) is 0 Å². The number of halogens is 2. The Hall–Kier alpha value is -0.780. The molecule has 122 valence electrons. The Morgan fingerprint density at radius 3 is 2.86 bits per heavy atom. The highest BCUT2D eigenvalue weighted by Crippen LogP contribution is 2.29. The number of hydrogen-bond donors (Lipinski definition) is 2. The highest BCUT2D eigenvalue weighted by Gasteiger charge is 2.31. The van der Waals surface area contributed by atoms with Crippen LogP contribution in [0.5, 0.6) is 0 Å². The molecule has 1 fully saturated rings. The molecule has 2 N–H and O–H groups in total. The zero-order chi connectivity index (χ0) is 13.7. The second-order valence-corrected chi connectivity index (χ2v) is 5.95. The third kappa shape index (κ3) is 6.24. The van der Waals surface area contributed by atoms with Crippen molar-refractivity contribution in [2.45, 2.75) is 45.7 Å². The van der Waals surface area contributed by atoms with Gasteiger partial charge in [0, 0.05) is 37.9 Å². The summed E-state index contributed by atoms with van der Waals surface area (Å²) in [5.74, 6) is 0.108. The van der Waals surface area contributed by atoms with E-state index in [-0.39, 0.29) is 36.1 Å². The lowest BCUT2D eigenvalue weighted by molar-refractivity contribution is -0.121. The zero-order valence-electron chi connectivity index (χ0n) is 12.7. The molecule has 1 aromatic rings. The lowest BCUT2D eigenvalue weighted by atomic mass is 9.77. The summed E-state index contributed by atoms with van der Waals surface area (Å²) in [7, 11) is 0. The normalized spacial score (nSPS) is 20.0. The Kier molecular flexibility index (Phi) is 8.94. The molecule has 0 aliphatic carbocycles. The third-order valence-corrected chi connectivity index (χ3v) is 3.99. The molecular formula is C14H26Cl2N4O. The van der Waals surface area contributed by atoms with E-state index in [0.717, 1.165) is 13.1 Å². The second kappa shape index (κ2) is 9.28. The number of amides is 1. The van der Waals surface area contributed by atoms with Crippen molar-refractivity contribution in [2.24, 2.45) is 5.41 Å². The van der Waals surface area contributed by atoms with Crippen molar-refractivity contribution >= 4 is 30.7 Å².